The van der Waals surface area contributed by atoms with Crippen LogP contribution in [0, 0.1) is 17.6 Å². The Kier molecular flexibility index (Phi) is 4.29. The van der Waals surface area contributed by atoms with E-state index in [1.807, 2.05) is 0 Å². The molecule has 1 saturated heterocycles. The maximum Gasteiger partial charge on any atom is 0.248 e. The van der Waals surface area contributed by atoms with Crippen LogP contribution in [-0.4, -0.2) is 25.0 Å². The number of carbonyl (C=O) groups excluding carboxylic acids is 2. The monoisotopic (exact) mass is 284 g/mol. The number of anilines is 1. The zero-order chi connectivity index (χ0) is 14.7. The number of nitrogens with one attached hydrogen (secondary N) is 1. The third-order valence-electron chi connectivity index (χ3n) is 2.97. The van der Waals surface area contributed by atoms with E-state index in [9.17, 15) is 18.4 Å². The minimum Gasteiger partial charge on any atom is -0.311 e. The van der Waals surface area contributed by atoms with E-state index < -0.39 is 23.5 Å². The summed E-state index contributed by atoms with van der Waals surface area (Å²) >= 11 is 0. The number of hydrogen-bond acceptors (Lipinski definition) is 3. The van der Waals surface area contributed by atoms with Crippen LogP contribution in [0.3, 0.4) is 0 Å². The summed E-state index contributed by atoms with van der Waals surface area (Å²) in [7, 11) is 0. The highest BCUT2D eigenvalue weighted by atomic mass is 19.1. The first-order chi connectivity index (χ1) is 9.51. The van der Waals surface area contributed by atoms with E-state index in [-0.39, 0.29) is 24.6 Å². The summed E-state index contributed by atoms with van der Waals surface area (Å²) in [5.74, 6) is -2.91. The summed E-state index contributed by atoms with van der Waals surface area (Å²) in [5.41, 5.74) is 2.33. The fraction of sp³-hybridized carbons (Fsp3) is 0.385. The van der Waals surface area contributed by atoms with Crippen molar-refractivity contribution in [1.82, 2.24) is 5.48 Å². The molecule has 5 nitrogen and oxygen atoms in total. The number of amides is 2. The van der Waals surface area contributed by atoms with Crippen molar-refractivity contribution in [3.05, 3.63) is 29.8 Å². The van der Waals surface area contributed by atoms with Crippen molar-refractivity contribution in [2.24, 2.45) is 5.92 Å². The van der Waals surface area contributed by atoms with Gasteiger partial charge < -0.3 is 4.90 Å². The van der Waals surface area contributed by atoms with Gasteiger partial charge in [0.05, 0.1) is 12.5 Å². The van der Waals surface area contributed by atoms with Crippen molar-refractivity contribution in [2.45, 2.75) is 13.3 Å². The Hall–Kier alpha value is -2.02. The second-order valence-corrected chi connectivity index (χ2v) is 4.43. The minimum absolute atomic E-state index is 0.0168. The Bertz CT molecular complexity index is 516. The maximum absolute atomic E-state index is 13.2. The van der Waals surface area contributed by atoms with Gasteiger partial charge >= 0.3 is 0 Å². The second-order valence-electron chi connectivity index (χ2n) is 4.43. The third-order valence-corrected chi connectivity index (χ3v) is 2.97. The lowest BCUT2D eigenvalue weighted by molar-refractivity contribution is -0.137. The standard InChI is InChI=1S/C13H14F2N2O3/c1-2-20-16-13(19)8-3-12(18)17(7-8)11-5-9(14)4-10(15)6-11/h4-6,8H,2-3,7H2,1H3,(H,16,19)/t8-/m0/s1. The van der Waals surface area contributed by atoms with Crippen molar-refractivity contribution in [3.63, 3.8) is 0 Å². The molecule has 1 aromatic rings. The van der Waals surface area contributed by atoms with Gasteiger partial charge in [0.2, 0.25) is 11.8 Å². The molecule has 1 aliphatic rings. The number of rotatable bonds is 4. The van der Waals surface area contributed by atoms with E-state index in [0.717, 1.165) is 18.2 Å². The van der Waals surface area contributed by atoms with Gasteiger partial charge in [0, 0.05) is 24.7 Å². The third kappa shape index (κ3) is 3.11. The molecule has 20 heavy (non-hydrogen) atoms. The van der Waals surface area contributed by atoms with Crippen LogP contribution in [0.2, 0.25) is 0 Å². The van der Waals surface area contributed by atoms with Crippen LogP contribution < -0.4 is 10.4 Å². The molecule has 1 fully saturated rings. The largest absolute Gasteiger partial charge is 0.311 e. The van der Waals surface area contributed by atoms with E-state index >= 15 is 0 Å². The SMILES string of the molecule is CCONC(=O)[C@H]1CC(=O)N(c2cc(F)cc(F)c2)C1. The normalized spacial score (nSPS) is 18.4. The van der Waals surface area contributed by atoms with Gasteiger partial charge in [0.25, 0.3) is 0 Å². The van der Waals surface area contributed by atoms with E-state index in [0.29, 0.717) is 6.61 Å². The number of nitrogens with zero attached hydrogens (tertiary/aromatic N) is 1. The van der Waals surface area contributed by atoms with Crippen molar-refractivity contribution >= 4 is 17.5 Å². The van der Waals surface area contributed by atoms with Crippen molar-refractivity contribution in [2.75, 3.05) is 18.1 Å². The predicted molar refractivity (Wildman–Crippen MR) is 66.6 cm³/mol. The van der Waals surface area contributed by atoms with Crippen LogP contribution in [0.4, 0.5) is 14.5 Å². The summed E-state index contributed by atoms with van der Waals surface area (Å²) in [6, 6.07) is 2.84. The lowest BCUT2D eigenvalue weighted by Gasteiger charge is -2.16. The first-order valence-electron chi connectivity index (χ1n) is 6.19. The Morgan fingerprint density at radius 3 is 2.65 bits per heavy atom. The molecule has 0 aromatic heterocycles. The van der Waals surface area contributed by atoms with Crippen LogP contribution >= 0.6 is 0 Å². The minimum atomic E-state index is -0.769. The Morgan fingerprint density at radius 1 is 1.40 bits per heavy atom. The zero-order valence-corrected chi connectivity index (χ0v) is 10.9. The number of carbonyl (C=O) groups is 2. The van der Waals surface area contributed by atoms with Crippen LogP contribution in [0.15, 0.2) is 18.2 Å². The molecule has 2 amide bonds. The van der Waals surface area contributed by atoms with Gasteiger partial charge in [-0.25, -0.2) is 14.3 Å². The van der Waals surface area contributed by atoms with Gasteiger partial charge in [0.1, 0.15) is 11.6 Å². The topological polar surface area (TPSA) is 58.6 Å². The molecular formula is C13H14F2N2O3. The fourth-order valence-corrected chi connectivity index (χ4v) is 2.05. The lowest BCUT2D eigenvalue weighted by Crippen LogP contribution is -2.33. The van der Waals surface area contributed by atoms with Crippen LogP contribution in [0.1, 0.15) is 13.3 Å². The Morgan fingerprint density at radius 2 is 2.05 bits per heavy atom. The van der Waals surface area contributed by atoms with Crippen LogP contribution in [-0.2, 0) is 14.4 Å². The van der Waals surface area contributed by atoms with Gasteiger partial charge in [-0.3, -0.25) is 14.4 Å². The number of hydrogen-bond donors (Lipinski definition) is 1. The van der Waals surface area contributed by atoms with Gasteiger partial charge in [0.15, 0.2) is 0 Å². The molecule has 0 radical (unpaired) electrons. The van der Waals surface area contributed by atoms with E-state index in [1.54, 1.807) is 6.92 Å². The van der Waals surface area contributed by atoms with Gasteiger partial charge in [-0.15, -0.1) is 0 Å². The molecule has 1 atom stereocenters. The van der Waals surface area contributed by atoms with E-state index in [1.165, 1.54) is 4.90 Å². The second kappa shape index (κ2) is 5.96. The van der Waals surface area contributed by atoms with Gasteiger partial charge in [-0.2, -0.15) is 0 Å². The molecular weight excluding hydrogens is 270 g/mol. The van der Waals surface area contributed by atoms with Gasteiger partial charge in [-0.1, -0.05) is 0 Å². The van der Waals surface area contributed by atoms with Crippen molar-refractivity contribution in [1.29, 1.82) is 0 Å². The summed E-state index contributed by atoms with van der Waals surface area (Å²) in [6.45, 7) is 2.09. The number of halogens is 2. The predicted octanol–water partition coefficient (Wildman–Crippen LogP) is 1.39. The molecule has 0 bridgehead atoms. The molecule has 2 rings (SSSR count). The Balaban J connectivity index is 2.11. The molecule has 0 spiro atoms. The zero-order valence-electron chi connectivity index (χ0n) is 10.9. The summed E-state index contributed by atoms with van der Waals surface area (Å²) in [5, 5.41) is 0. The highest BCUT2D eigenvalue weighted by molar-refractivity contribution is 6.00. The average molecular weight is 284 g/mol. The highest BCUT2D eigenvalue weighted by Crippen LogP contribution is 2.26. The lowest BCUT2D eigenvalue weighted by atomic mass is 10.1. The van der Waals surface area contributed by atoms with Crippen LogP contribution in [0.5, 0.6) is 0 Å². The number of benzene rings is 1. The fourth-order valence-electron chi connectivity index (χ4n) is 2.05. The Labute approximate surface area is 114 Å². The maximum atomic E-state index is 13.2. The molecule has 1 aliphatic heterocycles. The molecule has 0 unspecified atom stereocenters. The summed E-state index contributed by atoms with van der Waals surface area (Å²) in [4.78, 5) is 29.5. The molecule has 108 valence electrons. The molecule has 1 aromatic carbocycles. The first kappa shape index (κ1) is 14.4. The van der Waals surface area contributed by atoms with E-state index in [4.69, 9.17) is 4.84 Å². The summed E-state index contributed by atoms with van der Waals surface area (Å²) in [6.07, 6.45) is -0.0168. The quantitative estimate of drug-likeness (QED) is 0.850. The highest BCUT2D eigenvalue weighted by Gasteiger charge is 2.35. The van der Waals surface area contributed by atoms with Crippen molar-refractivity contribution in [3.8, 4) is 0 Å². The van der Waals surface area contributed by atoms with Crippen molar-refractivity contribution < 1.29 is 23.2 Å². The van der Waals surface area contributed by atoms with Gasteiger partial charge in [-0.05, 0) is 19.1 Å². The molecule has 0 aliphatic carbocycles. The smallest absolute Gasteiger partial charge is 0.248 e. The van der Waals surface area contributed by atoms with E-state index in [2.05, 4.69) is 5.48 Å². The molecule has 0 saturated carbocycles. The average Bonchev–Trinajstić information content (AvgIpc) is 2.77. The molecule has 1 heterocycles. The van der Waals surface area contributed by atoms with Crippen LogP contribution in [0.25, 0.3) is 0 Å². The summed E-state index contributed by atoms with van der Waals surface area (Å²) < 4.78 is 26.3. The number of hydroxylamine groups is 1. The first-order valence-corrected chi connectivity index (χ1v) is 6.19. The molecule has 1 N–H and O–H groups in total. The molecule has 7 heteroatoms.